The molecule has 0 aromatic heterocycles. The Morgan fingerprint density at radius 1 is 1.33 bits per heavy atom. The summed E-state index contributed by atoms with van der Waals surface area (Å²) in [6.07, 6.45) is 1.95. The van der Waals surface area contributed by atoms with E-state index in [2.05, 4.69) is 10.0 Å². The zero-order valence-electron chi connectivity index (χ0n) is 12.2. The Morgan fingerprint density at radius 2 is 2.05 bits per heavy atom. The first kappa shape index (κ1) is 15.8. The van der Waals surface area contributed by atoms with E-state index in [1.54, 1.807) is 19.9 Å². The van der Waals surface area contributed by atoms with Gasteiger partial charge in [-0.05, 0) is 38.0 Å². The fraction of sp³-hybridized carbons (Fsp3) is 0.500. The van der Waals surface area contributed by atoms with Gasteiger partial charge in [0.15, 0.2) is 0 Å². The standard InChI is InChI=1S/C14H20N2O4S/c1-3-15-21(18,19)13-9-10(5-8-12(13)20-4-2)14(17)16-11-6-7-11/h5,8-9,11,15H,3-4,6-7H2,1-2H3,(H,16,17). The Hall–Kier alpha value is -1.60. The normalized spacial score (nSPS) is 14.8. The zero-order valence-corrected chi connectivity index (χ0v) is 13.0. The van der Waals surface area contributed by atoms with Crippen LogP contribution in [0.2, 0.25) is 0 Å². The molecule has 2 rings (SSSR count). The third-order valence-electron chi connectivity index (χ3n) is 3.04. The lowest BCUT2D eigenvalue weighted by Gasteiger charge is -2.13. The molecule has 0 radical (unpaired) electrons. The van der Waals surface area contributed by atoms with Gasteiger partial charge >= 0.3 is 0 Å². The molecular formula is C14H20N2O4S. The maximum absolute atomic E-state index is 12.2. The second-order valence-electron chi connectivity index (χ2n) is 4.84. The van der Waals surface area contributed by atoms with E-state index in [9.17, 15) is 13.2 Å². The van der Waals surface area contributed by atoms with Gasteiger partial charge in [0.05, 0.1) is 6.61 Å². The average Bonchev–Trinajstić information content (AvgIpc) is 3.23. The highest BCUT2D eigenvalue weighted by molar-refractivity contribution is 7.89. The Morgan fingerprint density at radius 3 is 2.62 bits per heavy atom. The summed E-state index contributed by atoms with van der Waals surface area (Å²) < 4.78 is 32.2. The van der Waals surface area contributed by atoms with Crippen molar-refractivity contribution in [3.05, 3.63) is 23.8 Å². The minimum Gasteiger partial charge on any atom is -0.492 e. The molecule has 21 heavy (non-hydrogen) atoms. The second-order valence-corrected chi connectivity index (χ2v) is 6.58. The molecule has 0 aliphatic heterocycles. The van der Waals surface area contributed by atoms with Crippen molar-refractivity contribution in [1.82, 2.24) is 10.0 Å². The Balaban J connectivity index is 2.35. The van der Waals surface area contributed by atoms with Crippen molar-refractivity contribution in [2.75, 3.05) is 13.2 Å². The molecule has 1 aromatic carbocycles. The van der Waals surface area contributed by atoms with E-state index < -0.39 is 10.0 Å². The number of carbonyl (C=O) groups is 1. The fourth-order valence-electron chi connectivity index (χ4n) is 1.90. The second kappa shape index (κ2) is 6.44. The van der Waals surface area contributed by atoms with Crippen LogP contribution in [0.3, 0.4) is 0 Å². The molecule has 0 saturated heterocycles. The van der Waals surface area contributed by atoms with Crippen LogP contribution in [0.25, 0.3) is 0 Å². The van der Waals surface area contributed by atoms with Crippen molar-refractivity contribution in [2.45, 2.75) is 37.6 Å². The van der Waals surface area contributed by atoms with Crippen LogP contribution in [0.5, 0.6) is 5.75 Å². The molecular weight excluding hydrogens is 292 g/mol. The predicted molar refractivity (Wildman–Crippen MR) is 79.0 cm³/mol. The number of hydrogen-bond donors (Lipinski definition) is 2. The highest BCUT2D eigenvalue weighted by Gasteiger charge is 2.25. The van der Waals surface area contributed by atoms with Gasteiger partial charge in [0, 0.05) is 18.2 Å². The highest BCUT2D eigenvalue weighted by Crippen LogP contribution is 2.26. The molecule has 0 spiro atoms. The van der Waals surface area contributed by atoms with Gasteiger partial charge in [-0.15, -0.1) is 0 Å². The summed E-state index contributed by atoms with van der Waals surface area (Å²) in [7, 11) is -3.69. The molecule has 7 heteroatoms. The molecule has 1 amide bonds. The molecule has 1 aliphatic carbocycles. The molecule has 116 valence electrons. The summed E-state index contributed by atoms with van der Waals surface area (Å²) in [5, 5.41) is 2.84. The number of sulfonamides is 1. The first-order chi connectivity index (χ1) is 9.97. The topological polar surface area (TPSA) is 84.5 Å². The van der Waals surface area contributed by atoms with Gasteiger partial charge in [-0.2, -0.15) is 0 Å². The molecule has 1 aliphatic rings. The molecule has 1 aromatic rings. The van der Waals surface area contributed by atoms with Crippen LogP contribution in [0, 0.1) is 0 Å². The summed E-state index contributed by atoms with van der Waals surface area (Å²) in [6.45, 7) is 4.09. The SMILES string of the molecule is CCNS(=O)(=O)c1cc(C(=O)NC2CC2)ccc1OCC. The Bertz CT molecular complexity index is 624. The van der Waals surface area contributed by atoms with E-state index in [1.807, 2.05) is 0 Å². The lowest BCUT2D eigenvalue weighted by molar-refractivity contribution is 0.0951. The first-order valence-electron chi connectivity index (χ1n) is 7.05. The summed E-state index contributed by atoms with van der Waals surface area (Å²) in [4.78, 5) is 12.0. The molecule has 0 unspecified atom stereocenters. The predicted octanol–water partition coefficient (Wildman–Crippen LogP) is 1.28. The Labute approximate surface area is 124 Å². The van der Waals surface area contributed by atoms with Crippen molar-refractivity contribution in [2.24, 2.45) is 0 Å². The van der Waals surface area contributed by atoms with Crippen LogP contribution in [-0.2, 0) is 10.0 Å². The number of amides is 1. The van der Waals surface area contributed by atoms with Gasteiger partial charge < -0.3 is 10.1 Å². The molecule has 2 N–H and O–H groups in total. The van der Waals surface area contributed by atoms with Crippen molar-refractivity contribution >= 4 is 15.9 Å². The third-order valence-corrected chi connectivity index (χ3v) is 4.61. The largest absolute Gasteiger partial charge is 0.492 e. The van der Waals surface area contributed by atoms with E-state index in [0.717, 1.165) is 12.8 Å². The number of carbonyl (C=O) groups excluding carboxylic acids is 1. The van der Waals surface area contributed by atoms with Gasteiger partial charge in [0.1, 0.15) is 10.6 Å². The Kier molecular flexibility index (Phi) is 4.84. The van der Waals surface area contributed by atoms with Gasteiger partial charge in [-0.25, -0.2) is 13.1 Å². The molecule has 0 atom stereocenters. The fourth-order valence-corrected chi connectivity index (χ4v) is 3.11. The van der Waals surface area contributed by atoms with Crippen molar-refractivity contribution < 1.29 is 17.9 Å². The van der Waals surface area contributed by atoms with Gasteiger partial charge in [0.2, 0.25) is 10.0 Å². The number of nitrogens with one attached hydrogen (secondary N) is 2. The number of benzene rings is 1. The van der Waals surface area contributed by atoms with Crippen molar-refractivity contribution in [3.63, 3.8) is 0 Å². The van der Waals surface area contributed by atoms with E-state index in [4.69, 9.17) is 4.74 Å². The summed E-state index contributed by atoms with van der Waals surface area (Å²) >= 11 is 0. The molecule has 0 bridgehead atoms. The van der Waals surface area contributed by atoms with E-state index in [-0.39, 0.29) is 29.1 Å². The van der Waals surface area contributed by atoms with Crippen LogP contribution >= 0.6 is 0 Å². The quantitative estimate of drug-likeness (QED) is 0.794. The minimum absolute atomic E-state index is 0.00496. The maximum atomic E-state index is 12.2. The zero-order chi connectivity index (χ0) is 15.5. The van der Waals surface area contributed by atoms with E-state index in [1.165, 1.54) is 12.1 Å². The minimum atomic E-state index is -3.69. The van der Waals surface area contributed by atoms with E-state index in [0.29, 0.717) is 12.2 Å². The van der Waals surface area contributed by atoms with Crippen LogP contribution in [0.1, 0.15) is 37.0 Å². The van der Waals surface area contributed by atoms with Gasteiger partial charge in [0.25, 0.3) is 5.91 Å². The van der Waals surface area contributed by atoms with Gasteiger partial charge in [-0.3, -0.25) is 4.79 Å². The number of hydrogen-bond acceptors (Lipinski definition) is 4. The molecule has 1 fully saturated rings. The average molecular weight is 312 g/mol. The number of ether oxygens (including phenoxy) is 1. The van der Waals surface area contributed by atoms with Crippen molar-refractivity contribution in [1.29, 1.82) is 0 Å². The summed E-state index contributed by atoms with van der Waals surface area (Å²) in [6, 6.07) is 4.68. The summed E-state index contributed by atoms with van der Waals surface area (Å²) in [5.41, 5.74) is 0.321. The first-order valence-corrected chi connectivity index (χ1v) is 8.53. The van der Waals surface area contributed by atoms with E-state index >= 15 is 0 Å². The van der Waals surface area contributed by atoms with Gasteiger partial charge in [-0.1, -0.05) is 6.92 Å². The van der Waals surface area contributed by atoms with Crippen molar-refractivity contribution in [3.8, 4) is 5.75 Å². The molecule has 1 saturated carbocycles. The number of rotatable bonds is 7. The maximum Gasteiger partial charge on any atom is 0.251 e. The third kappa shape index (κ3) is 3.95. The summed E-state index contributed by atoms with van der Waals surface area (Å²) in [5.74, 6) is -0.00470. The van der Waals surface area contributed by atoms with Crippen LogP contribution in [0.4, 0.5) is 0 Å². The van der Waals surface area contributed by atoms with Crippen LogP contribution in [-0.4, -0.2) is 33.5 Å². The lowest BCUT2D eigenvalue weighted by atomic mass is 10.2. The molecule has 0 heterocycles. The van der Waals surface area contributed by atoms with Crippen LogP contribution in [0.15, 0.2) is 23.1 Å². The molecule has 6 nitrogen and oxygen atoms in total. The van der Waals surface area contributed by atoms with Crippen LogP contribution < -0.4 is 14.8 Å². The smallest absolute Gasteiger partial charge is 0.251 e. The monoisotopic (exact) mass is 312 g/mol. The lowest BCUT2D eigenvalue weighted by Crippen LogP contribution is -2.27. The highest BCUT2D eigenvalue weighted by atomic mass is 32.2.